The smallest absolute Gasteiger partial charge is 0.142 e. The highest BCUT2D eigenvalue weighted by atomic mass is 16.4. The molecular formula is C17H16O3. The molecule has 0 saturated carbocycles. The highest BCUT2D eigenvalue weighted by molar-refractivity contribution is 5.78. The van der Waals surface area contributed by atoms with E-state index in [-0.39, 0.29) is 0 Å². The number of benzene rings is 2. The van der Waals surface area contributed by atoms with E-state index < -0.39 is 12.2 Å². The molecule has 2 N–H and O–H groups in total. The molecule has 0 amide bonds. The van der Waals surface area contributed by atoms with Crippen LogP contribution in [0.3, 0.4) is 0 Å². The summed E-state index contributed by atoms with van der Waals surface area (Å²) in [5.74, 6) is 0.377. The van der Waals surface area contributed by atoms with Gasteiger partial charge in [0.15, 0.2) is 0 Å². The summed E-state index contributed by atoms with van der Waals surface area (Å²) in [6.07, 6.45) is -2.08. The third-order valence-corrected chi connectivity index (χ3v) is 3.42. The fourth-order valence-corrected chi connectivity index (χ4v) is 2.32. The second-order valence-corrected chi connectivity index (χ2v) is 4.99. The predicted molar refractivity (Wildman–Crippen MR) is 77.3 cm³/mol. The first kappa shape index (κ1) is 12.9. The standard InChI is InChI=1S/C17H16O3/c1-11-7-8-14-13(9-11)10-15(20-14)17(19)16(18)12-5-3-2-4-6-12/h2-10,16-19H,1H3. The van der Waals surface area contributed by atoms with Crippen LogP contribution in [0.2, 0.25) is 0 Å². The molecule has 0 spiro atoms. The van der Waals surface area contributed by atoms with Crippen LogP contribution in [0.25, 0.3) is 11.0 Å². The number of rotatable bonds is 3. The van der Waals surface area contributed by atoms with Crippen LogP contribution < -0.4 is 0 Å². The molecule has 0 aliphatic heterocycles. The van der Waals surface area contributed by atoms with Gasteiger partial charge in [0, 0.05) is 5.39 Å². The zero-order valence-corrected chi connectivity index (χ0v) is 11.2. The first-order chi connectivity index (χ1) is 9.65. The van der Waals surface area contributed by atoms with Gasteiger partial charge in [-0.15, -0.1) is 0 Å². The van der Waals surface area contributed by atoms with Crippen LogP contribution in [-0.2, 0) is 0 Å². The molecule has 1 aromatic heterocycles. The Morgan fingerprint density at radius 2 is 1.65 bits per heavy atom. The van der Waals surface area contributed by atoms with Gasteiger partial charge in [0.1, 0.15) is 23.6 Å². The van der Waals surface area contributed by atoms with Crippen LogP contribution in [0, 0.1) is 6.92 Å². The Labute approximate surface area is 117 Å². The SMILES string of the molecule is Cc1ccc2oc(C(O)C(O)c3ccccc3)cc2c1. The molecule has 20 heavy (non-hydrogen) atoms. The van der Waals surface area contributed by atoms with E-state index in [0.29, 0.717) is 16.9 Å². The maximum Gasteiger partial charge on any atom is 0.142 e. The lowest BCUT2D eigenvalue weighted by Gasteiger charge is -2.15. The van der Waals surface area contributed by atoms with Gasteiger partial charge < -0.3 is 14.6 Å². The minimum absolute atomic E-state index is 0.377. The van der Waals surface area contributed by atoms with Gasteiger partial charge in [0.2, 0.25) is 0 Å². The van der Waals surface area contributed by atoms with Gasteiger partial charge in [-0.1, -0.05) is 42.0 Å². The van der Waals surface area contributed by atoms with Crippen LogP contribution in [-0.4, -0.2) is 10.2 Å². The summed E-state index contributed by atoms with van der Waals surface area (Å²) in [5.41, 5.74) is 2.50. The largest absolute Gasteiger partial charge is 0.458 e. The van der Waals surface area contributed by atoms with E-state index in [9.17, 15) is 10.2 Å². The lowest BCUT2D eigenvalue weighted by Crippen LogP contribution is -2.09. The molecule has 3 aromatic rings. The molecule has 0 bridgehead atoms. The number of fused-ring (bicyclic) bond motifs is 1. The molecule has 1 heterocycles. The van der Waals surface area contributed by atoms with Gasteiger partial charge in [-0.25, -0.2) is 0 Å². The Balaban J connectivity index is 1.94. The number of hydrogen-bond acceptors (Lipinski definition) is 3. The summed E-state index contributed by atoms with van der Waals surface area (Å²) in [6, 6.07) is 16.7. The normalized spacial score (nSPS) is 14.3. The molecule has 0 aliphatic carbocycles. The molecule has 3 rings (SSSR count). The molecule has 3 heteroatoms. The van der Waals surface area contributed by atoms with Gasteiger partial charge >= 0.3 is 0 Å². The van der Waals surface area contributed by atoms with Crippen molar-refractivity contribution in [2.75, 3.05) is 0 Å². The van der Waals surface area contributed by atoms with Crippen LogP contribution in [0.1, 0.15) is 29.1 Å². The number of aliphatic hydroxyl groups excluding tert-OH is 2. The summed E-state index contributed by atoms with van der Waals surface area (Å²) in [7, 11) is 0. The van der Waals surface area contributed by atoms with Crippen molar-refractivity contribution in [2.45, 2.75) is 19.1 Å². The van der Waals surface area contributed by atoms with E-state index >= 15 is 0 Å². The Hall–Kier alpha value is -2.10. The number of aliphatic hydroxyl groups is 2. The lowest BCUT2D eigenvalue weighted by molar-refractivity contribution is 0.00506. The van der Waals surface area contributed by atoms with Crippen molar-refractivity contribution in [1.82, 2.24) is 0 Å². The van der Waals surface area contributed by atoms with Gasteiger partial charge in [0.05, 0.1) is 0 Å². The first-order valence-electron chi connectivity index (χ1n) is 6.56. The van der Waals surface area contributed by atoms with Crippen molar-refractivity contribution < 1.29 is 14.6 Å². The third kappa shape index (κ3) is 2.33. The highest BCUT2D eigenvalue weighted by Gasteiger charge is 2.23. The molecule has 3 nitrogen and oxygen atoms in total. The Bertz CT molecular complexity index is 715. The molecular weight excluding hydrogens is 252 g/mol. The van der Waals surface area contributed by atoms with Crippen molar-refractivity contribution in [1.29, 1.82) is 0 Å². The second-order valence-electron chi connectivity index (χ2n) is 4.99. The topological polar surface area (TPSA) is 53.6 Å². The third-order valence-electron chi connectivity index (χ3n) is 3.42. The second kappa shape index (κ2) is 5.12. The average Bonchev–Trinajstić information content (AvgIpc) is 2.89. The molecule has 2 unspecified atom stereocenters. The maximum absolute atomic E-state index is 10.3. The van der Waals surface area contributed by atoms with Crippen molar-refractivity contribution in [3.8, 4) is 0 Å². The lowest BCUT2D eigenvalue weighted by atomic mass is 10.0. The van der Waals surface area contributed by atoms with Crippen LogP contribution >= 0.6 is 0 Å². The fraction of sp³-hybridized carbons (Fsp3) is 0.176. The van der Waals surface area contributed by atoms with Crippen LogP contribution in [0.4, 0.5) is 0 Å². The van der Waals surface area contributed by atoms with E-state index in [0.717, 1.165) is 10.9 Å². The van der Waals surface area contributed by atoms with Crippen molar-refractivity contribution in [2.24, 2.45) is 0 Å². The number of furan rings is 1. The van der Waals surface area contributed by atoms with Gasteiger partial charge in [-0.05, 0) is 30.7 Å². The Morgan fingerprint density at radius 3 is 2.40 bits per heavy atom. The summed E-state index contributed by atoms with van der Waals surface area (Å²) < 4.78 is 5.62. The highest BCUT2D eigenvalue weighted by Crippen LogP contribution is 2.32. The molecule has 2 aromatic carbocycles. The summed E-state index contributed by atoms with van der Waals surface area (Å²) in [4.78, 5) is 0. The summed E-state index contributed by atoms with van der Waals surface area (Å²) in [5, 5.41) is 21.4. The molecule has 102 valence electrons. The minimum atomic E-state index is -1.08. The minimum Gasteiger partial charge on any atom is -0.458 e. The monoisotopic (exact) mass is 268 g/mol. The van der Waals surface area contributed by atoms with Gasteiger partial charge in [-0.3, -0.25) is 0 Å². The average molecular weight is 268 g/mol. The summed E-state index contributed by atoms with van der Waals surface area (Å²) >= 11 is 0. The van der Waals surface area contributed by atoms with E-state index in [1.165, 1.54) is 0 Å². The molecule has 2 atom stereocenters. The molecule has 0 aliphatic rings. The quantitative estimate of drug-likeness (QED) is 0.764. The fourth-order valence-electron chi connectivity index (χ4n) is 2.32. The number of aryl methyl sites for hydroxylation is 1. The number of hydrogen-bond donors (Lipinski definition) is 2. The van der Waals surface area contributed by atoms with Crippen LogP contribution in [0.5, 0.6) is 0 Å². The molecule has 0 radical (unpaired) electrons. The first-order valence-corrected chi connectivity index (χ1v) is 6.56. The zero-order valence-electron chi connectivity index (χ0n) is 11.2. The van der Waals surface area contributed by atoms with Crippen molar-refractivity contribution >= 4 is 11.0 Å². The molecule has 0 fully saturated rings. The van der Waals surface area contributed by atoms with E-state index in [1.807, 2.05) is 43.3 Å². The zero-order chi connectivity index (χ0) is 14.1. The predicted octanol–water partition coefficient (Wildman–Crippen LogP) is 3.51. The van der Waals surface area contributed by atoms with Gasteiger partial charge in [0.25, 0.3) is 0 Å². The van der Waals surface area contributed by atoms with Crippen molar-refractivity contribution in [3.63, 3.8) is 0 Å². The van der Waals surface area contributed by atoms with Gasteiger partial charge in [-0.2, -0.15) is 0 Å². The van der Waals surface area contributed by atoms with E-state index in [1.54, 1.807) is 18.2 Å². The van der Waals surface area contributed by atoms with Crippen LogP contribution in [0.15, 0.2) is 59.0 Å². The maximum atomic E-state index is 10.3. The van der Waals surface area contributed by atoms with E-state index in [2.05, 4.69) is 0 Å². The Kier molecular flexibility index (Phi) is 3.30. The van der Waals surface area contributed by atoms with E-state index in [4.69, 9.17) is 4.42 Å². The molecule has 0 saturated heterocycles. The summed E-state index contributed by atoms with van der Waals surface area (Å²) in [6.45, 7) is 2.00. The van der Waals surface area contributed by atoms with Crippen molar-refractivity contribution in [3.05, 3.63) is 71.5 Å². The Morgan fingerprint density at radius 1 is 0.900 bits per heavy atom.